The van der Waals surface area contributed by atoms with Gasteiger partial charge in [-0.15, -0.1) is 0 Å². The van der Waals surface area contributed by atoms with Crippen LogP contribution in [0.3, 0.4) is 0 Å². The minimum atomic E-state index is 0.656. The minimum Gasteiger partial charge on any atom is -0.307 e. The third-order valence-electron chi connectivity index (χ3n) is 3.00. The van der Waals surface area contributed by atoms with Crippen molar-refractivity contribution in [3.05, 3.63) is 28.3 Å². The molecule has 0 fully saturated rings. The van der Waals surface area contributed by atoms with Crippen LogP contribution in [0.25, 0.3) is 0 Å². The van der Waals surface area contributed by atoms with Crippen molar-refractivity contribution in [2.75, 3.05) is 0 Å². The fraction of sp³-hybridized carbons (Fsp3) is 0.545. The highest BCUT2D eigenvalue weighted by Crippen LogP contribution is 2.11. The number of aromatic nitrogens is 4. The summed E-state index contributed by atoms with van der Waals surface area (Å²) in [4.78, 5) is 0. The predicted octanol–water partition coefficient (Wildman–Crippen LogP) is 1.02. The molecule has 0 bridgehead atoms. The van der Waals surface area contributed by atoms with Crippen molar-refractivity contribution in [1.29, 1.82) is 0 Å². The van der Waals surface area contributed by atoms with Gasteiger partial charge in [0.25, 0.3) is 0 Å². The number of nitrogens with one attached hydrogen (secondary N) is 1. The Morgan fingerprint density at radius 3 is 2.41 bits per heavy atom. The number of hydrogen-bond donors (Lipinski definition) is 1. The van der Waals surface area contributed by atoms with E-state index in [9.17, 15) is 0 Å². The Bertz CT molecular complexity index is 514. The van der Waals surface area contributed by atoms with Gasteiger partial charge in [0.1, 0.15) is 11.4 Å². The van der Waals surface area contributed by atoms with Crippen LogP contribution in [0.2, 0.25) is 0 Å². The van der Waals surface area contributed by atoms with Gasteiger partial charge >= 0.3 is 0 Å². The van der Waals surface area contributed by atoms with E-state index in [1.54, 1.807) is 0 Å². The average Bonchev–Trinajstić information content (AvgIpc) is 2.78. The van der Waals surface area contributed by atoms with Crippen molar-refractivity contribution in [2.24, 2.45) is 7.05 Å². The van der Waals surface area contributed by atoms with Gasteiger partial charge in [0, 0.05) is 31.4 Å². The van der Waals surface area contributed by atoms with E-state index < -0.39 is 0 Å². The fourth-order valence-corrected chi connectivity index (χ4v) is 1.79. The maximum Gasteiger partial charge on any atom is 0.121 e. The molecule has 6 nitrogen and oxygen atoms in total. The van der Waals surface area contributed by atoms with Gasteiger partial charge in [-0.05, 0) is 20.8 Å². The van der Waals surface area contributed by atoms with Crippen LogP contribution in [0.4, 0.5) is 0 Å². The van der Waals surface area contributed by atoms with Gasteiger partial charge in [-0.2, -0.15) is 5.10 Å². The lowest BCUT2D eigenvalue weighted by Gasteiger charge is -2.03. The summed E-state index contributed by atoms with van der Waals surface area (Å²) >= 11 is 0. The SMILES string of the molecule is Cc1nonc1CNCc1c(C)nn(C)c1C. The van der Waals surface area contributed by atoms with Gasteiger partial charge in [-0.25, -0.2) is 4.63 Å². The third kappa shape index (κ3) is 2.36. The molecule has 6 heteroatoms. The molecular formula is C11H17N5O. The molecule has 0 saturated heterocycles. The first-order chi connectivity index (χ1) is 8.09. The summed E-state index contributed by atoms with van der Waals surface area (Å²) in [7, 11) is 1.96. The van der Waals surface area contributed by atoms with E-state index >= 15 is 0 Å². The van der Waals surface area contributed by atoms with Crippen LogP contribution >= 0.6 is 0 Å². The van der Waals surface area contributed by atoms with E-state index in [0.29, 0.717) is 6.54 Å². The molecule has 0 aromatic carbocycles. The Labute approximate surface area is 100.0 Å². The average molecular weight is 235 g/mol. The van der Waals surface area contributed by atoms with Crippen LogP contribution in [-0.2, 0) is 20.1 Å². The van der Waals surface area contributed by atoms with E-state index in [1.807, 2.05) is 25.6 Å². The molecule has 0 radical (unpaired) electrons. The summed E-state index contributed by atoms with van der Waals surface area (Å²) < 4.78 is 6.54. The van der Waals surface area contributed by atoms with E-state index in [2.05, 4.69) is 32.3 Å². The van der Waals surface area contributed by atoms with Gasteiger partial charge in [-0.1, -0.05) is 10.3 Å². The standard InChI is InChI=1S/C11H17N5O/c1-7-10(9(3)16(4)13-7)5-12-6-11-8(2)14-17-15-11/h12H,5-6H2,1-4H3. The Balaban J connectivity index is 1.97. The van der Waals surface area contributed by atoms with E-state index in [1.165, 1.54) is 11.3 Å². The van der Waals surface area contributed by atoms with Gasteiger partial charge in [-0.3, -0.25) is 4.68 Å². The van der Waals surface area contributed by atoms with Crippen LogP contribution in [0, 0.1) is 20.8 Å². The Kier molecular flexibility index (Phi) is 3.23. The number of nitrogens with zero attached hydrogens (tertiary/aromatic N) is 4. The fourth-order valence-electron chi connectivity index (χ4n) is 1.79. The van der Waals surface area contributed by atoms with E-state index in [4.69, 9.17) is 0 Å². The molecule has 2 aromatic rings. The zero-order valence-corrected chi connectivity index (χ0v) is 10.6. The summed E-state index contributed by atoms with van der Waals surface area (Å²) in [6.45, 7) is 7.40. The lowest BCUT2D eigenvalue weighted by atomic mass is 10.2. The Hall–Kier alpha value is -1.69. The molecule has 0 atom stereocenters. The number of aryl methyl sites for hydroxylation is 3. The molecule has 0 aliphatic heterocycles. The lowest BCUT2D eigenvalue weighted by Crippen LogP contribution is -2.14. The molecule has 2 aromatic heterocycles. The molecule has 0 aliphatic rings. The Morgan fingerprint density at radius 2 is 1.88 bits per heavy atom. The molecule has 92 valence electrons. The molecule has 2 rings (SSSR count). The second-order valence-corrected chi connectivity index (χ2v) is 4.17. The van der Waals surface area contributed by atoms with Gasteiger partial charge < -0.3 is 5.32 Å². The predicted molar refractivity (Wildman–Crippen MR) is 62.3 cm³/mol. The van der Waals surface area contributed by atoms with Crippen molar-refractivity contribution in [1.82, 2.24) is 25.4 Å². The molecule has 1 N–H and O–H groups in total. The van der Waals surface area contributed by atoms with Crippen molar-refractivity contribution in [3.8, 4) is 0 Å². The highest BCUT2D eigenvalue weighted by Gasteiger charge is 2.09. The molecular weight excluding hydrogens is 218 g/mol. The smallest absolute Gasteiger partial charge is 0.121 e. The van der Waals surface area contributed by atoms with Crippen LogP contribution in [0.1, 0.15) is 28.3 Å². The van der Waals surface area contributed by atoms with Crippen molar-refractivity contribution < 1.29 is 4.63 Å². The maximum absolute atomic E-state index is 4.64. The molecule has 0 aliphatic carbocycles. The highest BCUT2D eigenvalue weighted by molar-refractivity contribution is 5.24. The first-order valence-corrected chi connectivity index (χ1v) is 5.57. The van der Waals surface area contributed by atoms with Crippen molar-refractivity contribution >= 4 is 0 Å². The molecule has 0 amide bonds. The number of rotatable bonds is 4. The second kappa shape index (κ2) is 4.67. The quantitative estimate of drug-likeness (QED) is 0.856. The molecule has 0 spiro atoms. The lowest BCUT2D eigenvalue weighted by molar-refractivity contribution is 0.300. The largest absolute Gasteiger partial charge is 0.307 e. The molecule has 2 heterocycles. The van der Waals surface area contributed by atoms with Gasteiger partial charge in [0.05, 0.1) is 5.69 Å². The number of hydrogen-bond acceptors (Lipinski definition) is 5. The molecule has 0 saturated carbocycles. The highest BCUT2D eigenvalue weighted by atomic mass is 16.6. The van der Waals surface area contributed by atoms with E-state index in [-0.39, 0.29) is 0 Å². The molecule has 17 heavy (non-hydrogen) atoms. The van der Waals surface area contributed by atoms with Gasteiger partial charge in [0.15, 0.2) is 0 Å². The Morgan fingerprint density at radius 1 is 1.12 bits per heavy atom. The second-order valence-electron chi connectivity index (χ2n) is 4.17. The van der Waals surface area contributed by atoms with Crippen LogP contribution in [0.15, 0.2) is 4.63 Å². The monoisotopic (exact) mass is 235 g/mol. The van der Waals surface area contributed by atoms with Crippen LogP contribution < -0.4 is 5.32 Å². The molecule has 0 unspecified atom stereocenters. The van der Waals surface area contributed by atoms with E-state index in [0.717, 1.165) is 23.6 Å². The maximum atomic E-state index is 4.64. The third-order valence-corrected chi connectivity index (χ3v) is 3.00. The topological polar surface area (TPSA) is 68.8 Å². The zero-order chi connectivity index (χ0) is 12.4. The summed E-state index contributed by atoms with van der Waals surface area (Å²) in [6.07, 6.45) is 0. The van der Waals surface area contributed by atoms with Crippen LogP contribution in [-0.4, -0.2) is 20.1 Å². The first-order valence-electron chi connectivity index (χ1n) is 5.57. The summed E-state index contributed by atoms with van der Waals surface area (Å²) in [6, 6.07) is 0. The minimum absolute atomic E-state index is 0.656. The van der Waals surface area contributed by atoms with Crippen molar-refractivity contribution in [3.63, 3.8) is 0 Å². The zero-order valence-electron chi connectivity index (χ0n) is 10.6. The first kappa shape index (κ1) is 11.8. The summed E-state index contributed by atoms with van der Waals surface area (Å²) in [5.41, 5.74) is 5.17. The summed E-state index contributed by atoms with van der Waals surface area (Å²) in [5, 5.41) is 15.3. The van der Waals surface area contributed by atoms with Crippen molar-refractivity contribution in [2.45, 2.75) is 33.9 Å². The normalized spacial score (nSPS) is 11.1. The summed E-state index contributed by atoms with van der Waals surface area (Å²) in [5.74, 6) is 0. The van der Waals surface area contributed by atoms with Crippen LogP contribution in [0.5, 0.6) is 0 Å². The van der Waals surface area contributed by atoms with Gasteiger partial charge in [0.2, 0.25) is 0 Å².